The molecular weight excluding hydrogens is 316 g/mol. The van der Waals surface area contributed by atoms with E-state index in [-0.39, 0.29) is 17.0 Å². The van der Waals surface area contributed by atoms with Crippen molar-refractivity contribution in [3.05, 3.63) is 64.2 Å². The van der Waals surface area contributed by atoms with Gasteiger partial charge in [0.2, 0.25) is 0 Å². The normalized spacial score (nSPS) is 11.4. The molecule has 1 unspecified atom stereocenters. The Balaban J connectivity index is 1.96. The highest BCUT2D eigenvalue weighted by Crippen LogP contribution is 2.16. The number of aromatic hydroxyl groups is 1. The molecule has 0 aromatic heterocycles. The van der Waals surface area contributed by atoms with Crippen LogP contribution in [0.15, 0.2) is 48.5 Å². The molecule has 24 heavy (non-hydrogen) atoms. The monoisotopic (exact) mass is 330 g/mol. The molecule has 2 N–H and O–H groups in total. The SMILES string of the molecule is CC(OC(=O)c1cccc(O)c1)C(=O)Nc1ccc([N+](=O)[O-])cc1. The minimum atomic E-state index is -1.09. The molecule has 0 radical (unpaired) electrons. The van der Waals surface area contributed by atoms with Crippen LogP contribution in [-0.2, 0) is 9.53 Å². The number of nitrogens with one attached hydrogen (secondary N) is 1. The molecule has 0 aliphatic heterocycles. The third kappa shape index (κ3) is 4.29. The van der Waals surface area contributed by atoms with Crippen molar-refractivity contribution >= 4 is 23.3 Å². The summed E-state index contributed by atoms with van der Waals surface area (Å²) in [5.74, 6) is -1.43. The van der Waals surface area contributed by atoms with E-state index in [2.05, 4.69) is 5.32 Å². The number of benzene rings is 2. The number of esters is 1. The largest absolute Gasteiger partial charge is 0.508 e. The van der Waals surface area contributed by atoms with Crippen LogP contribution in [0.5, 0.6) is 5.75 Å². The number of phenolic OH excluding ortho intramolecular Hbond substituents is 1. The molecule has 0 aliphatic carbocycles. The number of hydrogen-bond donors (Lipinski definition) is 2. The number of carbonyl (C=O) groups is 2. The fourth-order valence-corrected chi connectivity index (χ4v) is 1.83. The van der Waals surface area contributed by atoms with Crippen LogP contribution >= 0.6 is 0 Å². The molecule has 8 nitrogen and oxygen atoms in total. The molecular formula is C16H14N2O6. The van der Waals surface area contributed by atoms with Crippen molar-refractivity contribution in [1.82, 2.24) is 0 Å². The molecule has 0 saturated carbocycles. The van der Waals surface area contributed by atoms with E-state index >= 15 is 0 Å². The quantitative estimate of drug-likeness (QED) is 0.494. The summed E-state index contributed by atoms with van der Waals surface area (Å²) in [6.45, 7) is 1.39. The Kier molecular flexibility index (Phi) is 5.10. The van der Waals surface area contributed by atoms with Crippen LogP contribution in [0.3, 0.4) is 0 Å². The van der Waals surface area contributed by atoms with E-state index < -0.39 is 22.9 Å². The van der Waals surface area contributed by atoms with Crippen LogP contribution < -0.4 is 5.32 Å². The maximum absolute atomic E-state index is 12.0. The maximum Gasteiger partial charge on any atom is 0.339 e. The van der Waals surface area contributed by atoms with E-state index in [0.717, 1.165) is 0 Å². The van der Waals surface area contributed by atoms with Crippen molar-refractivity contribution in [2.45, 2.75) is 13.0 Å². The van der Waals surface area contributed by atoms with Crippen LogP contribution in [0.25, 0.3) is 0 Å². The molecule has 0 bridgehead atoms. The number of hydrogen-bond acceptors (Lipinski definition) is 6. The van der Waals surface area contributed by atoms with Crippen molar-refractivity contribution in [2.75, 3.05) is 5.32 Å². The summed E-state index contributed by atoms with van der Waals surface area (Å²) >= 11 is 0. The van der Waals surface area contributed by atoms with Crippen LogP contribution in [0.1, 0.15) is 17.3 Å². The second kappa shape index (κ2) is 7.23. The lowest BCUT2D eigenvalue weighted by atomic mass is 10.2. The van der Waals surface area contributed by atoms with E-state index in [1.165, 1.54) is 55.5 Å². The summed E-state index contributed by atoms with van der Waals surface area (Å²) in [6.07, 6.45) is -1.09. The smallest absolute Gasteiger partial charge is 0.339 e. The van der Waals surface area contributed by atoms with Crippen LogP contribution in [0, 0.1) is 10.1 Å². The molecule has 2 rings (SSSR count). The van der Waals surface area contributed by atoms with Gasteiger partial charge in [0, 0.05) is 17.8 Å². The molecule has 0 heterocycles. The summed E-state index contributed by atoms with van der Waals surface area (Å²) in [7, 11) is 0. The lowest BCUT2D eigenvalue weighted by Crippen LogP contribution is -2.29. The summed E-state index contributed by atoms with van der Waals surface area (Å²) < 4.78 is 5.02. The number of carbonyl (C=O) groups excluding carboxylic acids is 2. The number of non-ortho nitro benzene ring substituents is 1. The first-order valence-electron chi connectivity index (χ1n) is 6.92. The van der Waals surface area contributed by atoms with Gasteiger partial charge in [-0.2, -0.15) is 0 Å². The Morgan fingerprint density at radius 1 is 1.21 bits per heavy atom. The Morgan fingerprint density at radius 2 is 1.88 bits per heavy atom. The summed E-state index contributed by atoms with van der Waals surface area (Å²) in [4.78, 5) is 33.9. The first-order valence-corrected chi connectivity index (χ1v) is 6.92. The van der Waals surface area contributed by atoms with Gasteiger partial charge in [0.05, 0.1) is 10.5 Å². The standard InChI is InChI=1S/C16H14N2O6/c1-10(24-16(21)11-3-2-4-14(19)9-11)15(20)17-12-5-7-13(8-6-12)18(22)23/h2-10,19H,1H3,(H,17,20). The third-order valence-electron chi connectivity index (χ3n) is 3.08. The van der Waals surface area contributed by atoms with E-state index in [0.29, 0.717) is 5.69 Å². The highest BCUT2D eigenvalue weighted by atomic mass is 16.6. The number of nitro groups is 1. The second-order valence-corrected chi connectivity index (χ2v) is 4.89. The Bertz CT molecular complexity index is 772. The van der Waals surface area contributed by atoms with Crippen LogP contribution in [0.2, 0.25) is 0 Å². The number of nitrogens with zero attached hydrogens (tertiary/aromatic N) is 1. The number of rotatable bonds is 5. The van der Waals surface area contributed by atoms with Crippen molar-refractivity contribution in [3.63, 3.8) is 0 Å². The first kappa shape index (κ1) is 16.9. The predicted molar refractivity (Wildman–Crippen MR) is 84.7 cm³/mol. The van der Waals surface area contributed by atoms with Gasteiger partial charge in [-0.1, -0.05) is 6.07 Å². The average Bonchev–Trinajstić information content (AvgIpc) is 2.55. The third-order valence-corrected chi connectivity index (χ3v) is 3.08. The zero-order valence-electron chi connectivity index (χ0n) is 12.6. The lowest BCUT2D eigenvalue weighted by Gasteiger charge is -2.13. The first-order chi connectivity index (χ1) is 11.4. The zero-order valence-corrected chi connectivity index (χ0v) is 12.6. The summed E-state index contributed by atoms with van der Waals surface area (Å²) in [6, 6.07) is 10.8. The molecule has 1 atom stereocenters. The van der Waals surface area contributed by atoms with Crippen molar-refractivity contribution in [3.8, 4) is 5.75 Å². The van der Waals surface area contributed by atoms with Crippen molar-refractivity contribution in [1.29, 1.82) is 0 Å². The lowest BCUT2D eigenvalue weighted by molar-refractivity contribution is -0.384. The fraction of sp³-hybridized carbons (Fsp3) is 0.125. The average molecular weight is 330 g/mol. The van der Waals surface area contributed by atoms with Gasteiger partial charge in [-0.25, -0.2) is 4.79 Å². The molecule has 2 aromatic rings. The van der Waals surface area contributed by atoms with E-state index in [9.17, 15) is 24.8 Å². The Labute approximate surface area is 136 Å². The molecule has 2 aromatic carbocycles. The number of amides is 1. The minimum Gasteiger partial charge on any atom is -0.508 e. The number of anilines is 1. The highest BCUT2D eigenvalue weighted by molar-refractivity contribution is 5.97. The summed E-state index contributed by atoms with van der Waals surface area (Å²) in [5, 5.41) is 22.4. The fourth-order valence-electron chi connectivity index (χ4n) is 1.83. The second-order valence-electron chi connectivity index (χ2n) is 4.89. The number of ether oxygens (including phenoxy) is 1. The Morgan fingerprint density at radius 3 is 2.46 bits per heavy atom. The molecule has 0 spiro atoms. The van der Waals surface area contributed by atoms with E-state index in [1.54, 1.807) is 0 Å². The van der Waals surface area contributed by atoms with Gasteiger partial charge in [0.1, 0.15) is 5.75 Å². The molecule has 0 fully saturated rings. The molecule has 0 saturated heterocycles. The van der Waals surface area contributed by atoms with Gasteiger partial charge < -0.3 is 15.2 Å². The van der Waals surface area contributed by atoms with E-state index in [1.807, 2.05) is 0 Å². The van der Waals surface area contributed by atoms with Gasteiger partial charge in [0.15, 0.2) is 6.10 Å². The highest BCUT2D eigenvalue weighted by Gasteiger charge is 2.19. The molecule has 8 heteroatoms. The molecule has 124 valence electrons. The van der Waals surface area contributed by atoms with Gasteiger partial charge in [-0.05, 0) is 37.3 Å². The maximum atomic E-state index is 12.0. The topological polar surface area (TPSA) is 119 Å². The van der Waals surface area contributed by atoms with Crippen molar-refractivity contribution < 1.29 is 24.4 Å². The van der Waals surface area contributed by atoms with Gasteiger partial charge in [-0.3, -0.25) is 14.9 Å². The van der Waals surface area contributed by atoms with Gasteiger partial charge >= 0.3 is 5.97 Å². The van der Waals surface area contributed by atoms with Gasteiger partial charge in [0.25, 0.3) is 11.6 Å². The van der Waals surface area contributed by atoms with Crippen LogP contribution in [0.4, 0.5) is 11.4 Å². The molecule has 1 amide bonds. The van der Waals surface area contributed by atoms with Crippen molar-refractivity contribution in [2.24, 2.45) is 0 Å². The van der Waals surface area contributed by atoms with Gasteiger partial charge in [-0.15, -0.1) is 0 Å². The molecule has 0 aliphatic rings. The van der Waals surface area contributed by atoms with E-state index in [4.69, 9.17) is 4.74 Å². The minimum absolute atomic E-state index is 0.0903. The zero-order chi connectivity index (χ0) is 17.7. The number of nitro benzene ring substituents is 1. The van der Waals surface area contributed by atoms with Crippen LogP contribution in [-0.4, -0.2) is 28.0 Å². The predicted octanol–water partition coefficient (Wildman–Crippen LogP) is 2.48. The Hall–Kier alpha value is -3.42. The number of phenols is 1. The summed E-state index contributed by atoms with van der Waals surface area (Å²) in [5.41, 5.74) is 0.354.